The number of hydrogen-bond acceptors (Lipinski definition) is 5. The molecule has 2 aromatic heterocycles. The highest BCUT2D eigenvalue weighted by Crippen LogP contribution is 2.19. The van der Waals surface area contributed by atoms with Crippen LogP contribution in [0.5, 0.6) is 5.88 Å². The van der Waals surface area contributed by atoms with Crippen LogP contribution in [0.15, 0.2) is 18.5 Å². The predicted molar refractivity (Wildman–Crippen MR) is 81.3 cm³/mol. The molecule has 1 unspecified atom stereocenters. The third-order valence-corrected chi connectivity index (χ3v) is 3.38. The zero-order valence-electron chi connectivity index (χ0n) is 13.1. The maximum atomic E-state index is 5.19. The summed E-state index contributed by atoms with van der Waals surface area (Å²) in [7, 11) is 1.61. The van der Waals surface area contributed by atoms with Crippen LogP contribution in [-0.4, -0.2) is 33.4 Å². The lowest BCUT2D eigenvalue weighted by Gasteiger charge is -2.18. The minimum absolute atomic E-state index is 0.119. The van der Waals surface area contributed by atoms with Crippen molar-refractivity contribution in [3.05, 3.63) is 35.5 Å². The number of aryl methyl sites for hydroxylation is 2. The van der Waals surface area contributed by atoms with Crippen LogP contribution < -0.4 is 10.1 Å². The minimum Gasteiger partial charge on any atom is -0.481 e. The quantitative estimate of drug-likeness (QED) is 0.843. The molecule has 0 amide bonds. The van der Waals surface area contributed by atoms with Gasteiger partial charge >= 0.3 is 0 Å². The molecule has 0 aliphatic heterocycles. The Hall–Kier alpha value is -1.95. The summed E-state index contributed by atoms with van der Waals surface area (Å²) in [5.41, 5.74) is 3.19. The van der Waals surface area contributed by atoms with E-state index >= 15 is 0 Å². The van der Waals surface area contributed by atoms with Crippen LogP contribution in [0.25, 0.3) is 0 Å². The van der Waals surface area contributed by atoms with Crippen molar-refractivity contribution in [2.45, 2.75) is 39.8 Å². The van der Waals surface area contributed by atoms with Crippen molar-refractivity contribution < 1.29 is 4.74 Å². The Bertz CT molecular complexity index is 581. The normalized spacial score (nSPS) is 12.4. The van der Waals surface area contributed by atoms with Crippen LogP contribution in [0.1, 0.15) is 37.0 Å². The predicted octanol–water partition coefficient (Wildman–Crippen LogP) is 1.90. The highest BCUT2D eigenvalue weighted by molar-refractivity contribution is 5.19. The number of methoxy groups -OCH3 is 1. The fourth-order valence-corrected chi connectivity index (χ4v) is 2.43. The highest BCUT2D eigenvalue weighted by Gasteiger charge is 2.16. The molecule has 0 saturated heterocycles. The Labute approximate surface area is 125 Å². The second kappa shape index (κ2) is 7.17. The Morgan fingerprint density at radius 3 is 2.76 bits per heavy atom. The standard InChI is InChI=1S/C15H23N5O/c1-5-16-13(14-9-15(21-4)18-10-17-14)8-12-7-11(3)19-20(12)6-2/h7,9-10,13,16H,5-6,8H2,1-4H3. The molecule has 0 spiro atoms. The van der Waals surface area contributed by atoms with E-state index < -0.39 is 0 Å². The molecular weight excluding hydrogens is 266 g/mol. The number of hydrogen-bond donors (Lipinski definition) is 1. The maximum absolute atomic E-state index is 5.19. The van der Waals surface area contributed by atoms with Crippen LogP contribution in [0.3, 0.4) is 0 Å². The molecule has 6 heteroatoms. The van der Waals surface area contributed by atoms with Gasteiger partial charge in [-0.1, -0.05) is 6.92 Å². The molecule has 0 aliphatic rings. The first kappa shape index (κ1) is 15.4. The fourth-order valence-electron chi connectivity index (χ4n) is 2.43. The number of likely N-dealkylation sites (N-methyl/N-ethyl adjacent to an activating group) is 1. The highest BCUT2D eigenvalue weighted by atomic mass is 16.5. The summed E-state index contributed by atoms with van der Waals surface area (Å²) in [6.45, 7) is 7.96. The van der Waals surface area contributed by atoms with E-state index in [4.69, 9.17) is 4.74 Å². The van der Waals surface area contributed by atoms with Crippen LogP contribution >= 0.6 is 0 Å². The van der Waals surface area contributed by atoms with Crippen molar-refractivity contribution in [2.24, 2.45) is 0 Å². The van der Waals surface area contributed by atoms with Gasteiger partial charge in [0.15, 0.2) is 0 Å². The van der Waals surface area contributed by atoms with Crippen molar-refractivity contribution in [2.75, 3.05) is 13.7 Å². The molecule has 6 nitrogen and oxygen atoms in total. The number of aromatic nitrogens is 4. The number of ether oxygens (including phenoxy) is 1. The topological polar surface area (TPSA) is 64.9 Å². The maximum Gasteiger partial charge on any atom is 0.216 e. The van der Waals surface area contributed by atoms with E-state index in [1.54, 1.807) is 13.4 Å². The fraction of sp³-hybridized carbons (Fsp3) is 0.533. The zero-order chi connectivity index (χ0) is 15.2. The van der Waals surface area contributed by atoms with Gasteiger partial charge in [0, 0.05) is 24.7 Å². The summed E-state index contributed by atoms with van der Waals surface area (Å²) in [6, 6.07) is 4.13. The van der Waals surface area contributed by atoms with E-state index in [1.807, 2.05) is 17.7 Å². The second-order valence-electron chi connectivity index (χ2n) is 4.89. The van der Waals surface area contributed by atoms with E-state index in [9.17, 15) is 0 Å². The van der Waals surface area contributed by atoms with Crippen molar-refractivity contribution in [1.29, 1.82) is 0 Å². The molecule has 1 N–H and O–H groups in total. The van der Waals surface area contributed by atoms with E-state index in [1.165, 1.54) is 5.69 Å². The lowest BCUT2D eigenvalue weighted by atomic mass is 10.1. The van der Waals surface area contributed by atoms with Gasteiger partial charge in [-0.05, 0) is 26.5 Å². The molecule has 2 aromatic rings. The monoisotopic (exact) mass is 289 g/mol. The third kappa shape index (κ3) is 3.78. The molecular formula is C15H23N5O. The van der Waals surface area contributed by atoms with E-state index in [0.717, 1.165) is 30.9 Å². The first-order valence-corrected chi connectivity index (χ1v) is 7.30. The van der Waals surface area contributed by atoms with Crippen LogP contribution in [-0.2, 0) is 13.0 Å². The van der Waals surface area contributed by atoms with Gasteiger partial charge in [0.2, 0.25) is 5.88 Å². The molecule has 0 fully saturated rings. The Morgan fingerprint density at radius 2 is 2.10 bits per heavy atom. The smallest absolute Gasteiger partial charge is 0.216 e. The SMILES string of the molecule is CCNC(Cc1cc(C)nn1CC)c1cc(OC)ncn1. The summed E-state index contributed by atoms with van der Waals surface area (Å²) in [4.78, 5) is 8.45. The summed E-state index contributed by atoms with van der Waals surface area (Å²) in [5, 5.41) is 7.97. The van der Waals surface area contributed by atoms with Crippen LogP contribution in [0.4, 0.5) is 0 Å². The number of nitrogens with one attached hydrogen (secondary N) is 1. The molecule has 2 heterocycles. The summed E-state index contributed by atoms with van der Waals surface area (Å²) >= 11 is 0. The minimum atomic E-state index is 0.119. The lowest BCUT2D eigenvalue weighted by molar-refractivity contribution is 0.393. The molecule has 0 radical (unpaired) electrons. The largest absolute Gasteiger partial charge is 0.481 e. The van der Waals surface area contributed by atoms with Gasteiger partial charge in [-0.3, -0.25) is 4.68 Å². The van der Waals surface area contributed by atoms with E-state index in [2.05, 4.69) is 40.3 Å². The van der Waals surface area contributed by atoms with Gasteiger partial charge in [0.1, 0.15) is 6.33 Å². The molecule has 0 saturated carbocycles. The Kier molecular flexibility index (Phi) is 5.27. The molecule has 2 rings (SSSR count). The van der Waals surface area contributed by atoms with E-state index in [0.29, 0.717) is 5.88 Å². The molecule has 0 aliphatic carbocycles. The average molecular weight is 289 g/mol. The number of nitrogens with zero attached hydrogens (tertiary/aromatic N) is 4. The molecule has 114 valence electrons. The molecule has 21 heavy (non-hydrogen) atoms. The Balaban J connectivity index is 2.25. The molecule has 0 aromatic carbocycles. The van der Waals surface area contributed by atoms with E-state index in [-0.39, 0.29) is 6.04 Å². The van der Waals surface area contributed by atoms with Gasteiger partial charge in [-0.25, -0.2) is 9.97 Å². The first-order valence-electron chi connectivity index (χ1n) is 7.30. The molecule has 0 bridgehead atoms. The van der Waals surface area contributed by atoms with Crippen molar-refractivity contribution >= 4 is 0 Å². The first-order chi connectivity index (χ1) is 10.2. The molecule has 1 atom stereocenters. The third-order valence-electron chi connectivity index (χ3n) is 3.38. The van der Waals surface area contributed by atoms with Gasteiger partial charge in [-0.15, -0.1) is 0 Å². The average Bonchev–Trinajstić information content (AvgIpc) is 2.86. The zero-order valence-corrected chi connectivity index (χ0v) is 13.1. The van der Waals surface area contributed by atoms with Crippen LogP contribution in [0, 0.1) is 6.92 Å². The van der Waals surface area contributed by atoms with Crippen molar-refractivity contribution in [3.8, 4) is 5.88 Å². The van der Waals surface area contributed by atoms with Gasteiger partial charge in [0.05, 0.1) is 24.5 Å². The lowest BCUT2D eigenvalue weighted by Crippen LogP contribution is -2.25. The van der Waals surface area contributed by atoms with Crippen molar-refractivity contribution in [1.82, 2.24) is 25.1 Å². The summed E-state index contributed by atoms with van der Waals surface area (Å²) in [6.07, 6.45) is 2.38. The summed E-state index contributed by atoms with van der Waals surface area (Å²) in [5.74, 6) is 0.586. The van der Waals surface area contributed by atoms with Crippen LogP contribution in [0.2, 0.25) is 0 Å². The second-order valence-corrected chi connectivity index (χ2v) is 4.89. The number of rotatable bonds is 7. The van der Waals surface area contributed by atoms with Gasteiger partial charge < -0.3 is 10.1 Å². The Morgan fingerprint density at radius 1 is 1.29 bits per heavy atom. The summed E-state index contributed by atoms with van der Waals surface area (Å²) < 4.78 is 7.23. The van der Waals surface area contributed by atoms with Crippen molar-refractivity contribution in [3.63, 3.8) is 0 Å². The van der Waals surface area contributed by atoms with Gasteiger partial charge in [0.25, 0.3) is 0 Å². The van der Waals surface area contributed by atoms with Gasteiger partial charge in [-0.2, -0.15) is 5.10 Å².